The molecule has 20 heavy (non-hydrogen) atoms. The highest BCUT2D eigenvalue weighted by Crippen LogP contribution is 2.67. The average molecular weight is 270 g/mol. The summed E-state index contributed by atoms with van der Waals surface area (Å²) in [6.07, 6.45) is 3.44. The molecule has 106 valence electrons. The van der Waals surface area contributed by atoms with Gasteiger partial charge in [-0.3, -0.25) is 9.80 Å². The molecule has 3 nitrogen and oxygen atoms in total. The summed E-state index contributed by atoms with van der Waals surface area (Å²) in [5.41, 5.74) is 4.70. The molecule has 0 radical (unpaired) electrons. The molecule has 2 bridgehead atoms. The highest BCUT2D eigenvalue weighted by molar-refractivity contribution is 5.87. The first kappa shape index (κ1) is 12.4. The number of amides is 1. The van der Waals surface area contributed by atoms with Crippen molar-refractivity contribution >= 4 is 5.91 Å². The smallest absolute Gasteiger partial charge is 0.245 e. The lowest BCUT2D eigenvalue weighted by Crippen LogP contribution is -2.43. The van der Waals surface area contributed by atoms with Gasteiger partial charge in [0, 0.05) is 6.04 Å². The Kier molecular flexibility index (Phi) is 2.39. The van der Waals surface area contributed by atoms with Crippen LogP contribution < -0.4 is 5.43 Å². The van der Waals surface area contributed by atoms with Crippen molar-refractivity contribution in [3.05, 3.63) is 35.9 Å². The number of rotatable bonds is 2. The van der Waals surface area contributed by atoms with Gasteiger partial charge in [0.15, 0.2) is 0 Å². The molecule has 1 unspecified atom stereocenters. The van der Waals surface area contributed by atoms with Crippen LogP contribution in [0.2, 0.25) is 0 Å². The number of nitrogens with one attached hydrogen (secondary N) is 1. The monoisotopic (exact) mass is 270 g/mol. The molecule has 1 spiro atoms. The molecule has 0 aromatic heterocycles. The van der Waals surface area contributed by atoms with Crippen LogP contribution >= 0.6 is 0 Å². The van der Waals surface area contributed by atoms with E-state index in [2.05, 4.69) is 31.4 Å². The van der Waals surface area contributed by atoms with Gasteiger partial charge in [0.25, 0.3) is 0 Å². The first-order valence-corrected chi connectivity index (χ1v) is 7.68. The maximum Gasteiger partial charge on any atom is 0.245 e. The molecule has 1 saturated heterocycles. The molecule has 3 aliphatic rings. The van der Waals surface area contributed by atoms with Crippen molar-refractivity contribution in [3.63, 3.8) is 0 Å². The summed E-state index contributed by atoms with van der Waals surface area (Å²) in [6, 6.07) is 10.6. The number of hydrogen-bond donors (Lipinski definition) is 1. The molecule has 3 heteroatoms. The third kappa shape index (κ3) is 1.32. The van der Waals surface area contributed by atoms with Crippen molar-refractivity contribution in [1.82, 2.24) is 10.4 Å². The number of carbonyl (C=O) groups is 1. The topological polar surface area (TPSA) is 32.3 Å². The van der Waals surface area contributed by atoms with Crippen LogP contribution in [0.4, 0.5) is 0 Å². The summed E-state index contributed by atoms with van der Waals surface area (Å²) >= 11 is 0. The number of nitrogens with zero attached hydrogens (tertiary/aromatic N) is 1. The van der Waals surface area contributed by atoms with E-state index in [0.717, 1.165) is 12.8 Å². The van der Waals surface area contributed by atoms with E-state index in [9.17, 15) is 4.79 Å². The van der Waals surface area contributed by atoms with Gasteiger partial charge in [-0.05, 0) is 36.2 Å². The number of fused-ring (bicyclic) bond motifs is 1. The minimum absolute atomic E-state index is 0.146. The maximum absolute atomic E-state index is 13.1. The normalized spacial score (nSPS) is 37.5. The Balaban J connectivity index is 1.64. The Hall–Kier alpha value is -1.35. The molecule has 1 aromatic carbocycles. The number of benzene rings is 1. The molecule has 3 atom stereocenters. The molecule has 4 rings (SSSR count). The van der Waals surface area contributed by atoms with E-state index in [-0.39, 0.29) is 10.8 Å². The Bertz CT molecular complexity index is 553. The standard InChI is InChI=1S/C17H22N2O/c1-16(2)13-8-9-17(16)14(10-13)18-19(15(17)20)11-12-6-4-3-5-7-12/h3-7,13-14,18H,8-11H2,1-2H3/t13-,14?,17+/m1/s1. The van der Waals surface area contributed by atoms with E-state index < -0.39 is 0 Å². The van der Waals surface area contributed by atoms with Gasteiger partial charge in [-0.1, -0.05) is 44.2 Å². The molecule has 2 aliphatic carbocycles. The summed E-state index contributed by atoms with van der Waals surface area (Å²) in [6.45, 7) is 5.28. The Morgan fingerprint density at radius 1 is 1.30 bits per heavy atom. The lowest BCUT2D eigenvalue weighted by molar-refractivity contribution is -0.141. The van der Waals surface area contributed by atoms with Crippen molar-refractivity contribution in [2.45, 2.75) is 45.7 Å². The van der Waals surface area contributed by atoms with Crippen molar-refractivity contribution < 1.29 is 4.79 Å². The number of hydrogen-bond acceptors (Lipinski definition) is 2. The summed E-state index contributed by atoms with van der Waals surface area (Å²) in [5.74, 6) is 1.04. The van der Waals surface area contributed by atoms with Crippen molar-refractivity contribution in [3.8, 4) is 0 Å². The predicted octanol–water partition coefficient (Wildman–Crippen LogP) is 2.73. The molecule has 3 fully saturated rings. The molecule has 1 heterocycles. The molecular formula is C17H22N2O. The second-order valence-corrected chi connectivity index (χ2v) is 7.22. The highest BCUT2D eigenvalue weighted by Gasteiger charge is 2.71. The largest absolute Gasteiger partial charge is 0.273 e. The van der Waals surface area contributed by atoms with Crippen molar-refractivity contribution in [2.24, 2.45) is 16.7 Å². The quantitative estimate of drug-likeness (QED) is 0.896. The van der Waals surface area contributed by atoms with Crippen LogP contribution in [-0.4, -0.2) is 17.0 Å². The van der Waals surface area contributed by atoms with E-state index in [0.29, 0.717) is 24.4 Å². The summed E-state index contributed by atoms with van der Waals surface area (Å²) in [5, 5.41) is 1.88. The van der Waals surface area contributed by atoms with E-state index >= 15 is 0 Å². The second kappa shape index (κ2) is 3.85. The van der Waals surface area contributed by atoms with Crippen LogP contribution in [0.5, 0.6) is 0 Å². The minimum atomic E-state index is -0.146. The summed E-state index contributed by atoms with van der Waals surface area (Å²) in [7, 11) is 0. The van der Waals surface area contributed by atoms with Gasteiger partial charge in [0.2, 0.25) is 5.91 Å². The fraction of sp³-hybridized carbons (Fsp3) is 0.588. The van der Waals surface area contributed by atoms with Crippen LogP contribution in [0, 0.1) is 16.7 Å². The Morgan fingerprint density at radius 3 is 2.70 bits per heavy atom. The lowest BCUT2D eigenvalue weighted by atomic mass is 9.68. The zero-order chi connectivity index (χ0) is 14.0. The van der Waals surface area contributed by atoms with Gasteiger partial charge in [-0.15, -0.1) is 0 Å². The molecule has 1 aliphatic heterocycles. The lowest BCUT2D eigenvalue weighted by Gasteiger charge is -2.35. The van der Waals surface area contributed by atoms with Gasteiger partial charge >= 0.3 is 0 Å². The van der Waals surface area contributed by atoms with E-state index in [1.807, 2.05) is 23.2 Å². The number of carbonyl (C=O) groups excluding carboxylic acids is 1. The minimum Gasteiger partial charge on any atom is -0.273 e. The van der Waals surface area contributed by atoms with Crippen molar-refractivity contribution in [2.75, 3.05) is 0 Å². The third-order valence-corrected chi connectivity index (χ3v) is 6.29. The molecular weight excluding hydrogens is 248 g/mol. The fourth-order valence-electron chi connectivity index (χ4n) is 5.04. The van der Waals surface area contributed by atoms with Gasteiger partial charge in [0.05, 0.1) is 12.0 Å². The first-order valence-electron chi connectivity index (χ1n) is 7.68. The van der Waals surface area contributed by atoms with Gasteiger partial charge in [-0.2, -0.15) is 0 Å². The second-order valence-electron chi connectivity index (χ2n) is 7.22. The van der Waals surface area contributed by atoms with Crippen LogP contribution in [0.15, 0.2) is 30.3 Å². The van der Waals surface area contributed by atoms with E-state index in [1.54, 1.807) is 0 Å². The predicted molar refractivity (Wildman–Crippen MR) is 77.5 cm³/mol. The van der Waals surface area contributed by atoms with E-state index in [1.165, 1.54) is 12.0 Å². The average Bonchev–Trinajstić information content (AvgIpc) is 2.95. The first-order chi connectivity index (χ1) is 9.55. The van der Waals surface area contributed by atoms with Crippen LogP contribution in [0.1, 0.15) is 38.7 Å². The molecule has 1 aromatic rings. The fourth-order valence-corrected chi connectivity index (χ4v) is 5.04. The maximum atomic E-state index is 13.1. The van der Waals surface area contributed by atoms with Crippen LogP contribution in [0.3, 0.4) is 0 Å². The zero-order valence-corrected chi connectivity index (χ0v) is 12.2. The van der Waals surface area contributed by atoms with Crippen LogP contribution in [0.25, 0.3) is 0 Å². The Morgan fingerprint density at radius 2 is 2.05 bits per heavy atom. The zero-order valence-electron chi connectivity index (χ0n) is 12.2. The number of hydrazine groups is 1. The summed E-state index contributed by atoms with van der Waals surface area (Å²) in [4.78, 5) is 13.1. The summed E-state index contributed by atoms with van der Waals surface area (Å²) < 4.78 is 0. The highest BCUT2D eigenvalue weighted by atomic mass is 16.2. The van der Waals surface area contributed by atoms with E-state index in [4.69, 9.17) is 0 Å². The molecule has 1 amide bonds. The van der Waals surface area contributed by atoms with Gasteiger partial charge in [0.1, 0.15) is 0 Å². The van der Waals surface area contributed by atoms with Crippen molar-refractivity contribution in [1.29, 1.82) is 0 Å². The third-order valence-electron chi connectivity index (χ3n) is 6.29. The molecule has 2 saturated carbocycles. The molecule has 1 N–H and O–H groups in total. The Labute approximate surface area is 120 Å². The van der Waals surface area contributed by atoms with Gasteiger partial charge in [-0.25, -0.2) is 5.43 Å². The SMILES string of the molecule is CC1(C)[C@@H]2CC[C@]13C(=O)N(Cc1ccccc1)NC3C2. The van der Waals surface area contributed by atoms with Gasteiger partial charge < -0.3 is 0 Å². The van der Waals surface area contributed by atoms with Crippen LogP contribution in [-0.2, 0) is 11.3 Å².